The van der Waals surface area contributed by atoms with Crippen molar-refractivity contribution in [3.8, 4) is 0 Å². The van der Waals surface area contributed by atoms with Crippen molar-refractivity contribution in [2.24, 2.45) is 0 Å². The number of aromatic nitrogens is 2. The monoisotopic (exact) mass is 266 g/mol. The summed E-state index contributed by atoms with van der Waals surface area (Å²) in [7, 11) is 0. The van der Waals surface area contributed by atoms with Crippen molar-refractivity contribution < 1.29 is 9.18 Å². The van der Waals surface area contributed by atoms with Gasteiger partial charge in [-0.1, -0.05) is 11.6 Å². The van der Waals surface area contributed by atoms with Crippen molar-refractivity contribution in [1.29, 1.82) is 0 Å². The van der Waals surface area contributed by atoms with E-state index in [4.69, 9.17) is 17.3 Å². The molecule has 0 aliphatic carbocycles. The van der Waals surface area contributed by atoms with Crippen LogP contribution in [0.2, 0.25) is 5.15 Å². The van der Waals surface area contributed by atoms with Crippen LogP contribution in [0.25, 0.3) is 0 Å². The largest absolute Gasteiger partial charge is 0.399 e. The molecule has 0 fully saturated rings. The van der Waals surface area contributed by atoms with Crippen LogP contribution in [0, 0.1) is 5.82 Å². The molecule has 7 heteroatoms. The highest BCUT2D eigenvalue weighted by Crippen LogP contribution is 2.13. The predicted octanol–water partition coefficient (Wildman–Crippen LogP) is 2.10. The summed E-state index contributed by atoms with van der Waals surface area (Å²) in [5.41, 5.74) is 5.48. The Morgan fingerprint density at radius 3 is 2.83 bits per heavy atom. The molecule has 0 saturated carbocycles. The van der Waals surface area contributed by atoms with Gasteiger partial charge in [0.25, 0.3) is 5.91 Å². The van der Waals surface area contributed by atoms with Crippen molar-refractivity contribution >= 4 is 29.1 Å². The first kappa shape index (κ1) is 12.3. The van der Waals surface area contributed by atoms with Crippen LogP contribution in [-0.2, 0) is 0 Å². The van der Waals surface area contributed by atoms with E-state index in [-0.39, 0.29) is 22.4 Å². The van der Waals surface area contributed by atoms with E-state index in [2.05, 4.69) is 15.3 Å². The minimum atomic E-state index is -0.713. The van der Waals surface area contributed by atoms with Crippen LogP contribution < -0.4 is 11.1 Å². The van der Waals surface area contributed by atoms with Crippen molar-refractivity contribution in [2.45, 2.75) is 0 Å². The number of carbonyl (C=O) groups is 1. The molecule has 1 aromatic carbocycles. The van der Waals surface area contributed by atoms with E-state index >= 15 is 0 Å². The second-order valence-electron chi connectivity index (χ2n) is 3.40. The van der Waals surface area contributed by atoms with Gasteiger partial charge in [0.2, 0.25) is 5.95 Å². The maximum atomic E-state index is 13.5. The van der Waals surface area contributed by atoms with Gasteiger partial charge in [0.1, 0.15) is 11.0 Å². The third-order valence-corrected chi connectivity index (χ3v) is 2.30. The standard InChI is InChI=1S/C11H8ClFN4O/c12-9-3-4-15-11(16-9)17-10(18)7-2-1-6(14)5-8(7)13/h1-5H,14H2,(H,15,16,17,18). The first-order chi connectivity index (χ1) is 8.56. The molecule has 0 saturated heterocycles. The maximum Gasteiger partial charge on any atom is 0.260 e. The summed E-state index contributed by atoms with van der Waals surface area (Å²) in [6.07, 6.45) is 1.38. The van der Waals surface area contributed by atoms with E-state index in [0.717, 1.165) is 6.07 Å². The first-order valence-corrected chi connectivity index (χ1v) is 5.29. The van der Waals surface area contributed by atoms with E-state index in [1.54, 1.807) is 0 Å². The number of nitrogens with two attached hydrogens (primary N) is 1. The van der Waals surface area contributed by atoms with Gasteiger partial charge in [-0.15, -0.1) is 0 Å². The quantitative estimate of drug-likeness (QED) is 0.644. The highest BCUT2D eigenvalue weighted by atomic mass is 35.5. The molecule has 0 atom stereocenters. The summed E-state index contributed by atoms with van der Waals surface area (Å²) in [5.74, 6) is -1.38. The second kappa shape index (κ2) is 4.97. The van der Waals surface area contributed by atoms with Gasteiger partial charge in [0, 0.05) is 11.9 Å². The highest BCUT2D eigenvalue weighted by Gasteiger charge is 2.13. The van der Waals surface area contributed by atoms with Crippen LogP contribution in [0.4, 0.5) is 16.0 Å². The van der Waals surface area contributed by atoms with E-state index in [9.17, 15) is 9.18 Å². The average molecular weight is 267 g/mol. The molecule has 0 radical (unpaired) electrons. The summed E-state index contributed by atoms with van der Waals surface area (Å²) in [4.78, 5) is 19.3. The summed E-state index contributed by atoms with van der Waals surface area (Å²) in [5, 5.41) is 2.51. The molecular formula is C11H8ClFN4O. The summed E-state index contributed by atoms with van der Waals surface area (Å²) in [6.45, 7) is 0. The Hall–Kier alpha value is -2.21. The fraction of sp³-hybridized carbons (Fsp3) is 0. The lowest BCUT2D eigenvalue weighted by atomic mass is 10.2. The normalized spacial score (nSPS) is 10.1. The van der Waals surface area contributed by atoms with Gasteiger partial charge in [-0.25, -0.2) is 14.4 Å². The molecule has 18 heavy (non-hydrogen) atoms. The summed E-state index contributed by atoms with van der Waals surface area (Å²) < 4.78 is 13.5. The average Bonchev–Trinajstić information content (AvgIpc) is 2.28. The molecule has 0 aliphatic rings. The molecular weight excluding hydrogens is 259 g/mol. The molecule has 2 aromatic rings. The van der Waals surface area contributed by atoms with E-state index in [0.29, 0.717) is 0 Å². The number of nitrogen functional groups attached to an aromatic ring is 1. The smallest absolute Gasteiger partial charge is 0.260 e. The second-order valence-corrected chi connectivity index (χ2v) is 3.78. The number of hydrogen-bond donors (Lipinski definition) is 2. The Balaban J connectivity index is 2.22. The molecule has 0 aliphatic heterocycles. The molecule has 5 nitrogen and oxygen atoms in total. The molecule has 1 amide bonds. The van der Waals surface area contributed by atoms with Crippen LogP contribution in [-0.4, -0.2) is 15.9 Å². The number of carbonyl (C=O) groups excluding carboxylic acids is 1. The Labute approximate surface area is 107 Å². The van der Waals surface area contributed by atoms with Crippen LogP contribution >= 0.6 is 11.6 Å². The highest BCUT2D eigenvalue weighted by molar-refractivity contribution is 6.29. The topological polar surface area (TPSA) is 80.9 Å². The molecule has 1 aromatic heterocycles. The first-order valence-electron chi connectivity index (χ1n) is 4.91. The lowest BCUT2D eigenvalue weighted by molar-refractivity contribution is 0.102. The molecule has 0 spiro atoms. The minimum Gasteiger partial charge on any atom is -0.399 e. The van der Waals surface area contributed by atoms with E-state index in [1.807, 2.05) is 0 Å². The number of nitrogens with one attached hydrogen (secondary N) is 1. The molecule has 1 heterocycles. The van der Waals surface area contributed by atoms with Gasteiger partial charge < -0.3 is 5.73 Å². The summed E-state index contributed by atoms with van der Waals surface area (Å²) >= 11 is 5.63. The number of benzene rings is 1. The molecule has 2 rings (SSSR count). The fourth-order valence-corrected chi connectivity index (χ4v) is 1.42. The Morgan fingerprint density at radius 2 is 2.17 bits per heavy atom. The SMILES string of the molecule is Nc1ccc(C(=O)Nc2nccc(Cl)n2)c(F)c1. The number of nitrogens with zero attached hydrogens (tertiary/aromatic N) is 2. The van der Waals surface area contributed by atoms with E-state index < -0.39 is 11.7 Å². The molecule has 0 bridgehead atoms. The fourth-order valence-electron chi connectivity index (χ4n) is 1.28. The molecule has 92 valence electrons. The number of anilines is 2. The Kier molecular flexibility index (Phi) is 3.38. The summed E-state index contributed by atoms with van der Waals surface area (Å²) in [6, 6.07) is 5.23. The zero-order chi connectivity index (χ0) is 13.1. The third-order valence-electron chi connectivity index (χ3n) is 2.08. The van der Waals surface area contributed by atoms with Crippen LogP contribution in [0.5, 0.6) is 0 Å². The van der Waals surface area contributed by atoms with Crippen molar-refractivity contribution in [3.05, 3.63) is 47.0 Å². The van der Waals surface area contributed by atoms with Crippen molar-refractivity contribution in [2.75, 3.05) is 11.1 Å². The third kappa shape index (κ3) is 2.72. The number of amides is 1. The maximum absolute atomic E-state index is 13.5. The Morgan fingerprint density at radius 1 is 1.39 bits per heavy atom. The zero-order valence-electron chi connectivity index (χ0n) is 9.02. The van der Waals surface area contributed by atoms with Gasteiger partial charge in [0.15, 0.2) is 0 Å². The van der Waals surface area contributed by atoms with Crippen LogP contribution in [0.3, 0.4) is 0 Å². The van der Waals surface area contributed by atoms with Gasteiger partial charge >= 0.3 is 0 Å². The zero-order valence-corrected chi connectivity index (χ0v) is 9.78. The van der Waals surface area contributed by atoms with Gasteiger partial charge in [-0.2, -0.15) is 0 Å². The van der Waals surface area contributed by atoms with Gasteiger partial charge in [0.05, 0.1) is 5.56 Å². The number of halogens is 2. The van der Waals surface area contributed by atoms with E-state index in [1.165, 1.54) is 24.4 Å². The lowest BCUT2D eigenvalue weighted by Crippen LogP contribution is -2.15. The van der Waals surface area contributed by atoms with Gasteiger partial charge in [-0.3, -0.25) is 10.1 Å². The Bertz CT molecular complexity index is 605. The predicted molar refractivity (Wildman–Crippen MR) is 65.8 cm³/mol. The van der Waals surface area contributed by atoms with Crippen LogP contribution in [0.15, 0.2) is 30.5 Å². The van der Waals surface area contributed by atoms with Crippen LogP contribution in [0.1, 0.15) is 10.4 Å². The minimum absolute atomic E-state index is 0.00345. The van der Waals surface area contributed by atoms with Crippen molar-refractivity contribution in [3.63, 3.8) is 0 Å². The van der Waals surface area contributed by atoms with Crippen molar-refractivity contribution in [1.82, 2.24) is 9.97 Å². The van der Waals surface area contributed by atoms with Gasteiger partial charge in [-0.05, 0) is 24.3 Å². The number of hydrogen-bond acceptors (Lipinski definition) is 4. The lowest BCUT2D eigenvalue weighted by Gasteiger charge is -2.05. The molecule has 3 N–H and O–H groups in total. The molecule has 0 unspecified atom stereocenters. The number of rotatable bonds is 2.